The van der Waals surface area contributed by atoms with Gasteiger partial charge >= 0.3 is 0 Å². The molecule has 88 valence electrons. The topological polar surface area (TPSA) is 34.9 Å². The lowest BCUT2D eigenvalue weighted by atomic mass is 10.2. The van der Waals surface area contributed by atoms with Gasteiger partial charge in [0.2, 0.25) is 0 Å². The number of rotatable bonds is 1. The van der Waals surface area contributed by atoms with Gasteiger partial charge in [-0.1, -0.05) is 23.7 Å². The zero-order valence-electron chi connectivity index (χ0n) is 9.38. The van der Waals surface area contributed by atoms with Gasteiger partial charge < -0.3 is 0 Å². The van der Waals surface area contributed by atoms with Crippen LogP contribution in [0.5, 0.6) is 0 Å². The Labute approximate surface area is 109 Å². The molecule has 0 aliphatic heterocycles. The Kier molecular flexibility index (Phi) is 2.61. The van der Waals surface area contributed by atoms with Gasteiger partial charge in [-0.15, -0.1) is 0 Å². The second-order valence-electron chi connectivity index (χ2n) is 3.91. The average molecular weight is 257 g/mol. The monoisotopic (exact) mass is 256 g/mol. The third-order valence-electron chi connectivity index (χ3n) is 2.82. The number of hydrogen-bond acceptors (Lipinski definition) is 2. The summed E-state index contributed by atoms with van der Waals surface area (Å²) < 4.78 is 1.56. The molecule has 0 amide bonds. The SMILES string of the molecule is O=C(c1ccccc1Cl)n1ccc2ccncc21. The standard InChI is InChI=1S/C14H9ClN2O/c15-12-4-2-1-3-11(12)14(18)17-8-6-10-5-7-16-9-13(10)17/h1-9H. The van der Waals surface area contributed by atoms with E-state index in [1.54, 1.807) is 47.4 Å². The van der Waals surface area contributed by atoms with Gasteiger partial charge in [0.25, 0.3) is 5.91 Å². The van der Waals surface area contributed by atoms with E-state index in [1.807, 2.05) is 12.1 Å². The molecule has 4 heteroatoms. The van der Waals surface area contributed by atoms with Crippen molar-refractivity contribution in [1.82, 2.24) is 9.55 Å². The maximum absolute atomic E-state index is 12.4. The molecule has 3 aromatic rings. The van der Waals surface area contributed by atoms with Crippen molar-refractivity contribution in [2.24, 2.45) is 0 Å². The van der Waals surface area contributed by atoms with Crippen LogP contribution < -0.4 is 0 Å². The molecule has 0 aliphatic rings. The van der Waals surface area contributed by atoms with Crippen LogP contribution in [-0.4, -0.2) is 15.5 Å². The van der Waals surface area contributed by atoms with E-state index in [1.165, 1.54) is 0 Å². The first-order valence-electron chi connectivity index (χ1n) is 5.47. The summed E-state index contributed by atoms with van der Waals surface area (Å²) in [5.41, 5.74) is 1.27. The summed E-state index contributed by atoms with van der Waals surface area (Å²) in [6.07, 6.45) is 5.11. The molecule has 0 N–H and O–H groups in total. The summed E-state index contributed by atoms with van der Waals surface area (Å²) in [6, 6.07) is 10.8. The lowest BCUT2D eigenvalue weighted by Gasteiger charge is -2.05. The van der Waals surface area contributed by atoms with Crippen molar-refractivity contribution in [3.05, 3.63) is 65.6 Å². The van der Waals surface area contributed by atoms with Crippen molar-refractivity contribution in [3.8, 4) is 0 Å². The van der Waals surface area contributed by atoms with Gasteiger partial charge in [-0.3, -0.25) is 14.3 Å². The molecule has 0 atom stereocenters. The lowest BCUT2D eigenvalue weighted by Crippen LogP contribution is -2.11. The van der Waals surface area contributed by atoms with Crippen molar-refractivity contribution in [3.63, 3.8) is 0 Å². The molecule has 0 unspecified atom stereocenters. The van der Waals surface area contributed by atoms with E-state index in [-0.39, 0.29) is 5.91 Å². The van der Waals surface area contributed by atoms with Crippen LogP contribution in [0.15, 0.2) is 55.0 Å². The van der Waals surface area contributed by atoms with Crippen LogP contribution in [0.3, 0.4) is 0 Å². The number of nitrogens with zero attached hydrogens (tertiary/aromatic N) is 2. The fourth-order valence-electron chi connectivity index (χ4n) is 1.92. The fraction of sp³-hybridized carbons (Fsp3) is 0. The van der Waals surface area contributed by atoms with E-state index in [0.717, 1.165) is 10.9 Å². The number of carbonyl (C=O) groups is 1. The number of hydrogen-bond donors (Lipinski definition) is 0. The van der Waals surface area contributed by atoms with Gasteiger partial charge in [-0.25, -0.2) is 0 Å². The normalized spacial score (nSPS) is 10.7. The number of carbonyl (C=O) groups excluding carboxylic acids is 1. The first-order chi connectivity index (χ1) is 8.77. The molecule has 2 heterocycles. The maximum atomic E-state index is 12.4. The molecular formula is C14H9ClN2O. The second-order valence-corrected chi connectivity index (χ2v) is 4.31. The highest BCUT2D eigenvalue weighted by molar-refractivity contribution is 6.34. The number of benzene rings is 1. The number of fused-ring (bicyclic) bond motifs is 1. The van der Waals surface area contributed by atoms with Gasteiger partial charge in [0.05, 0.1) is 22.3 Å². The average Bonchev–Trinajstić information content (AvgIpc) is 2.82. The first-order valence-corrected chi connectivity index (χ1v) is 5.85. The number of aromatic nitrogens is 2. The van der Waals surface area contributed by atoms with Crippen LogP contribution in [0.2, 0.25) is 5.02 Å². The highest BCUT2D eigenvalue weighted by atomic mass is 35.5. The van der Waals surface area contributed by atoms with Crippen molar-refractivity contribution in [1.29, 1.82) is 0 Å². The highest BCUT2D eigenvalue weighted by Gasteiger charge is 2.13. The Morgan fingerprint density at radius 1 is 1.17 bits per heavy atom. The minimum atomic E-state index is -0.149. The molecule has 0 bridgehead atoms. The van der Waals surface area contributed by atoms with Crippen molar-refractivity contribution >= 4 is 28.4 Å². The maximum Gasteiger partial charge on any atom is 0.263 e. The summed E-state index contributed by atoms with van der Waals surface area (Å²) in [6.45, 7) is 0. The molecule has 0 fully saturated rings. The Balaban J connectivity index is 2.16. The van der Waals surface area contributed by atoms with Gasteiger partial charge in [-0.05, 0) is 24.3 Å². The van der Waals surface area contributed by atoms with Crippen molar-refractivity contribution < 1.29 is 4.79 Å². The summed E-state index contributed by atoms with van der Waals surface area (Å²) in [5.74, 6) is -0.149. The molecule has 0 spiro atoms. The lowest BCUT2D eigenvalue weighted by molar-refractivity contribution is 0.0965. The Hall–Kier alpha value is -2.13. The molecule has 0 radical (unpaired) electrons. The zero-order chi connectivity index (χ0) is 12.5. The van der Waals surface area contributed by atoms with Gasteiger partial charge in [0.15, 0.2) is 0 Å². The quantitative estimate of drug-likeness (QED) is 0.669. The Morgan fingerprint density at radius 2 is 2.00 bits per heavy atom. The molecule has 3 nitrogen and oxygen atoms in total. The van der Waals surface area contributed by atoms with Crippen LogP contribution in [0, 0.1) is 0 Å². The second kappa shape index (κ2) is 4.27. The molecular weight excluding hydrogens is 248 g/mol. The molecule has 3 rings (SSSR count). The molecule has 0 saturated carbocycles. The summed E-state index contributed by atoms with van der Waals surface area (Å²) in [7, 11) is 0. The van der Waals surface area contributed by atoms with Crippen LogP contribution in [0.1, 0.15) is 10.4 Å². The Morgan fingerprint density at radius 3 is 2.83 bits per heavy atom. The predicted octanol–water partition coefficient (Wildman–Crippen LogP) is 3.38. The predicted molar refractivity (Wildman–Crippen MR) is 70.9 cm³/mol. The smallest absolute Gasteiger partial charge is 0.263 e. The van der Waals surface area contributed by atoms with Gasteiger partial charge in [0, 0.05) is 17.8 Å². The van der Waals surface area contributed by atoms with Crippen LogP contribution in [-0.2, 0) is 0 Å². The minimum absolute atomic E-state index is 0.149. The molecule has 0 aliphatic carbocycles. The molecule has 1 aromatic carbocycles. The van der Waals surface area contributed by atoms with E-state index < -0.39 is 0 Å². The molecule has 18 heavy (non-hydrogen) atoms. The largest absolute Gasteiger partial charge is 0.282 e. The van der Waals surface area contributed by atoms with E-state index in [0.29, 0.717) is 10.6 Å². The number of halogens is 1. The van der Waals surface area contributed by atoms with E-state index in [2.05, 4.69) is 4.98 Å². The fourth-order valence-corrected chi connectivity index (χ4v) is 2.13. The van der Waals surface area contributed by atoms with Crippen LogP contribution in [0.25, 0.3) is 10.9 Å². The van der Waals surface area contributed by atoms with Crippen LogP contribution >= 0.6 is 11.6 Å². The summed E-state index contributed by atoms with van der Waals surface area (Å²) in [5, 5.41) is 1.43. The van der Waals surface area contributed by atoms with Crippen molar-refractivity contribution in [2.45, 2.75) is 0 Å². The Bertz CT molecular complexity index is 733. The summed E-state index contributed by atoms with van der Waals surface area (Å²) >= 11 is 6.04. The van der Waals surface area contributed by atoms with Crippen molar-refractivity contribution in [2.75, 3.05) is 0 Å². The van der Waals surface area contributed by atoms with E-state index in [9.17, 15) is 4.79 Å². The third-order valence-corrected chi connectivity index (χ3v) is 3.15. The van der Waals surface area contributed by atoms with E-state index >= 15 is 0 Å². The minimum Gasteiger partial charge on any atom is -0.282 e. The third kappa shape index (κ3) is 1.69. The van der Waals surface area contributed by atoms with Gasteiger partial charge in [-0.2, -0.15) is 0 Å². The molecule has 2 aromatic heterocycles. The zero-order valence-corrected chi connectivity index (χ0v) is 10.1. The summed E-state index contributed by atoms with van der Waals surface area (Å²) in [4.78, 5) is 16.4. The number of pyridine rings is 1. The molecule has 0 saturated heterocycles. The van der Waals surface area contributed by atoms with Gasteiger partial charge in [0.1, 0.15) is 0 Å². The van der Waals surface area contributed by atoms with Crippen LogP contribution in [0.4, 0.5) is 0 Å². The highest BCUT2D eigenvalue weighted by Crippen LogP contribution is 2.20. The first kappa shape index (κ1) is 11.0. The van der Waals surface area contributed by atoms with E-state index in [4.69, 9.17) is 11.6 Å².